The molecule has 0 aromatic carbocycles. The summed E-state index contributed by atoms with van der Waals surface area (Å²) in [5, 5.41) is 0. The smallest absolute Gasteiger partial charge is 0.153 e. The second-order valence-electron chi connectivity index (χ2n) is 5.61. The lowest BCUT2D eigenvalue weighted by molar-refractivity contribution is 0.112. The summed E-state index contributed by atoms with van der Waals surface area (Å²) in [6, 6.07) is 1.96. The van der Waals surface area contributed by atoms with E-state index in [-0.39, 0.29) is 0 Å². The van der Waals surface area contributed by atoms with Gasteiger partial charge in [-0.3, -0.25) is 4.79 Å². The van der Waals surface area contributed by atoms with Gasteiger partial charge in [-0.25, -0.2) is 4.98 Å². The van der Waals surface area contributed by atoms with Crippen molar-refractivity contribution in [3.05, 3.63) is 22.9 Å². The van der Waals surface area contributed by atoms with Crippen LogP contribution in [0.15, 0.2) is 6.07 Å². The number of nitrogens with zero attached hydrogens (tertiary/aromatic N) is 2. The summed E-state index contributed by atoms with van der Waals surface area (Å²) in [7, 11) is 0. The van der Waals surface area contributed by atoms with Gasteiger partial charge in [-0.2, -0.15) is 0 Å². The van der Waals surface area contributed by atoms with E-state index in [0.29, 0.717) is 0 Å². The van der Waals surface area contributed by atoms with Gasteiger partial charge in [-0.1, -0.05) is 12.8 Å². The molecule has 0 aliphatic heterocycles. The molecule has 0 bridgehead atoms. The average molecular weight is 260 g/mol. The van der Waals surface area contributed by atoms with Gasteiger partial charge >= 0.3 is 0 Å². The van der Waals surface area contributed by atoms with E-state index in [4.69, 9.17) is 0 Å². The third-order valence-corrected chi connectivity index (χ3v) is 4.24. The van der Waals surface area contributed by atoms with Crippen molar-refractivity contribution in [3.63, 3.8) is 0 Å². The Morgan fingerprint density at radius 1 is 1.37 bits per heavy atom. The minimum atomic E-state index is 0.725. The summed E-state index contributed by atoms with van der Waals surface area (Å²) in [5.41, 5.74) is 2.83. The molecule has 1 aromatic rings. The van der Waals surface area contributed by atoms with Crippen LogP contribution >= 0.6 is 0 Å². The number of aldehydes is 1. The molecule has 0 N–H and O–H groups in total. The van der Waals surface area contributed by atoms with Gasteiger partial charge in [0.25, 0.3) is 0 Å². The molecule has 1 aliphatic carbocycles. The third kappa shape index (κ3) is 3.14. The molecular weight excluding hydrogens is 236 g/mol. The molecule has 1 aromatic heterocycles. The van der Waals surface area contributed by atoms with Crippen LogP contribution in [0.4, 0.5) is 5.82 Å². The molecule has 3 heteroatoms. The lowest BCUT2D eigenvalue weighted by atomic mass is 10.1. The molecule has 0 unspecified atom stereocenters. The van der Waals surface area contributed by atoms with E-state index in [9.17, 15) is 4.79 Å². The zero-order valence-electron chi connectivity index (χ0n) is 12.3. The van der Waals surface area contributed by atoms with Crippen LogP contribution in [0.5, 0.6) is 0 Å². The van der Waals surface area contributed by atoms with E-state index in [1.807, 2.05) is 19.9 Å². The van der Waals surface area contributed by atoms with Crippen molar-refractivity contribution in [2.75, 3.05) is 18.0 Å². The van der Waals surface area contributed by atoms with E-state index < -0.39 is 0 Å². The number of hydrogen-bond donors (Lipinski definition) is 0. The quantitative estimate of drug-likeness (QED) is 0.759. The number of aromatic nitrogens is 1. The maximum atomic E-state index is 11.3. The summed E-state index contributed by atoms with van der Waals surface area (Å²) in [4.78, 5) is 18.2. The largest absolute Gasteiger partial charge is 0.356 e. The van der Waals surface area contributed by atoms with Crippen LogP contribution in [0.3, 0.4) is 0 Å². The van der Waals surface area contributed by atoms with Gasteiger partial charge in [-0.05, 0) is 51.2 Å². The maximum absolute atomic E-state index is 11.3. The molecule has 2 rings (SSSR count). The SMILES string of the molecule is CCN(CC1CCCC1)c1nc(C)c(C)cc1C=O. The molecule has 1 heterocycles. The number of carbonyl (C=O) groups excluding carboxylic acids is 1. The van der Waals surface area contributed by atoms with E-state index in [1.165, 1.54) is 25.7 Å². The molecule has 1 fully saturated rings. The fourth-order valence-corrected chi connectivity index (χ4v) is 2.92. The van der Waals surface area contributed by atoms with Crippen molar-refractivity contribution in [3.8, 4) is 0 Å². The second kappa shape index (κ2) is 6.18. The minimum Gasteiger partial charge on any atom is -0.356 e. The molecule has 0 amide bonds. The average Bonchev–Trinajstić information content (AvgIpc) is 2.91. The Hall–Kier alpha value is -1.38. The molecule has 19 heavy (non-hydrogen) atoms. The number of carbonyl (C=O) groups is 1. The van der Waals surface area contributed by atoms with Crippen LogP contribution in [-0.4, -0.2) is 24.4 Å². The van der Waals surface area contributed by atoms with Crippen molar-refractivity contribution < 1.29 is 4.79 Å². The first kappa shape index (κ1) is 14.0. The Morgan fingerprint density at radius 3 is 2.63 bits per heavy atom. The summed E-state index contributed by atoms with van der Waals surface area (Å²) in [6.45, 7) is 8.10. The zero-order chi connectivity index (χ0) is 13.8. The Bertz CT molecular complexity index is 450. The molecule has 104 valence electrons. The molecule has 1 aliphatic rings. The van der Waals surface area contributed by atoms with Crippen molar-refractivity contribution in [2.24, 2.45) is 5.92 Å². The topological polar surface area (TPSA) is 33.2 Å². The van der Waals surface area contributed by atoms with Crippen molar-refractivity contribution in [1.29, 1.82) is 0 Å². The fraction of sp³-hybridized carbons (Fsp3) is 0.625. The van der Waals surface area contributed by atoms with Crippen LogP contribution in [0.25, 0.3) is 0 Å². The maximum Gasteiger partial charge on any atom is 0.153 e. The number of rotatable bonds is 5. The first-order valence-electron chi connectivity index (χ1n) is 7.34. The van der Waals surface area contributed by atoms with Gasteiger partial charge in [0, 0.05) is 18.8 Å². The number of hydrogen-bond acceptors (Lipinski definition) is 3. The van der Waals surface area contributed by atoms with E-state index in [0.717, 1.165) is 47.9 Å². The van der Waals surface area contributed by atoms with Gasteiger partial charge < -0.3 is 4.90 Å². The first-order chi connectivity index (χ1) is 9.15. The predicted molar refractivity (Wildman–Crippen MR) is 78.9 cm³/mol. The highest BCUT2D eigenvalue weighted by atomic mass is 16.1. The van der Waals surface area contributed by atoms with Crippen LogP contribution in [0, 0.1) is 19.8 Å². The lowest BCUT2D eigenvalue weighted by Gasteiger charge is -2.27. The van der Waals surface area contributed by atoms with E-state index >= 15 is 0 Å². The van der Waals surface area contributed by atoms with Gasteiger partial charge in [0.05, 0.1) is 5.56 Å². The highest BCUT2D eigenvalue weighted by Gasteiger charge is 2.20. The van der Waals surface area contributed by atoms with Gasteiger partial charge in [0.1, 0.15) is 5.82 Å². The minimum absolute atomic E-state index is 0.725. The first-order valence-corrected chi connectivity index (χ1v) is 7.34. The Labute approximate surface area is 116 Å². The Kier molecular flexibility index (Phi) is 4.56. The van der Waals surface area contributed by atoms with Gasteiger partial charge in [-0.15, -0.1) is 0 Å². The predicted octanol–water partition coefficient (Wildman–Crippen LogP) is 3.53. The molecular formula is C16H24N2O. The summed E-state index contributed by atoms with van der Waals surface area (Å²) in [6.07, 6.45) is 6.27. The van der Waals surface area contributed by atoms with Crippen LogP contribution < -0.4 is 4.90 Å². The molecule has 0 radical (unpaired) electrons. The Morgan fingerprint density at radius 2 is 2.05 bits per heavy atom. The summed E-state index contributed by atoms with van der Waals surface area (Å²) >= 11 is 0. The summed E-state index contributed by atoms with van der Waals surface area (Å²) < 4.78 is 0. The number of anilines is 1. The highest BCUT2D eigenvalue weighted by Crippen LogP contribution is 2.28. The molecule has 3 nitrogen and oxygen atoms in total. The molecule has 0 atom stereocenters. The molecule has 1 saturated carbocycles. The zero-order valence-corrected chi connectivity index (χ0v) is 12.3. The van der Waals surface area contributed by atoms with Crippen LogP contribution in [0.2, 0.25) is 0 Å². The summed E-state index contributed by atoms with van der Waals surface area (Å²) in [5.74, 6) is 1.63. The van der Waals surface area contributed by atoms with Crippen LogP contribution in [0.1, 0.15) is 54.2 Å². The normalized spacial score (nSPS) is 15.7. The fourth-order valence-electron chi connectivity index (χ4n) is 2.92. The van der Waals surface area contributed by atoms with Gasteiger partial charge in [0.2, 0.25) is 0 Å². The van der Waals surface area contributed by atoms with Gasteiger partial charge in [0.15, 0.2) is 6.29 Å². The Balaban J connectivity index is 2.25. The monoisotopic (exact) mass is 260 g/mol. The lowest BCUT2D eigenvalue weighted by Crippen LogP contribution is -2.30. The highest BCUT2D eigenvalue weighted by molar-refractivity contribution is 5.83. The second-order valence-corrected chi connectivity index (χ2v) is 5.61. The molecule has 0 spiro atoms. The van der Waals surface area contributed by atoms with E-state index in [2.05, 4.69) is 16.8 Å². The standard InChI is InChI=1S/C16H24N2O/c1-4-18(10-14-7-5-6-8-14)16-15(11-19)9-12(2)13(3)17-16/h9,11,14H,4-8,10H2,1-3H3. The third-order valence-electron chi connectivity index (χ3n) is 4.24. The van der Waals surface area contributed by atoms with Crippen molar-refractivity contribution >= 4 is 12.1 Å². The number of aryl methyl sites for hydroxylation is 2. The van der Waals surface area contributed by atoms with Crippen LogP contribution in [-0.2, 0) is 0 Å². The van der Waals surface area contributed by atoms with Crippen molar-refractivity contribution in [2.45, 2.75) is 46.5 Å². The molecule has 0 saturated heterocycles. The van der Waals surface area contributed by atoms with E-state index in [1.54, 1.807) is 0 Å². The van der Waals surface area contributed by atoms with Crippen molar-refractivity contribution in [1.82, 2.24) is 4.98 Å². The number of pyridine rings is 1.